The number of rotatable bonds is 6. The average molecular weight is 207 g/mol. The summed E-state index contributed by atoms with van der Waals surface area (Å²) in [6.45, 7) is 9.12. The number of ether oxygens (including phenoxy) is 1. The second-order valence-electron chi connectivity index (χ2n) is 3.93. The molecule has 0 radical (unpaired) electrons. The highest BCUT2D eigenvalue weighted by Gasteiger charge is 1.98. The quantitative estimate of drug-likeness (QED) is 0.724. The zero-order valence-corrected chi connectivity index (χ0v) is 9.92. The first-order valence-corrected chi connectivity index (χ1v) is 5.67. The van der Waals surface area contributed by atoms with Gasteiger partial charge < -0.3 is 10.1 Å². The van der Waals surface area contributed by atoms with Crippen molar-refractivity contribution in [3.63, 3.8) is 0 Å². The summed E-state index contributed by atoms with van der Waals surface area (Å²) in [5.74, 6) is 1.54. The molecule has 0 aliphatic rings. The van der Waals surface area contributed by atoms with Crippen LogP contribution in [0.4, 0.5) is 0 Å². The predicted octanol–water partition coefficient (Wildman–Crippen LogP) is 2.80. The summed E-state index contributed by atoms with van der Waals surface area (Å²) in [7, 11) is 0. The molecule has 2 nitrogen and oxygen atoms in total. The van der Waals surface area contributed by atoms with Crippen molar-refractivity contribution in [2.45, 2.75) is 26.7 Å². The van der Waals surface area contributed by atoms with E-state index in [1.54, 1.807) is 0 Å². The Morgan fingerprint density at radius 2 is 1.87 bits per heavy atom. The van der Waals surface area contributed by atoms with Gasteiger partial charge in [0.2, 0.25) is 0 Å². The van der Waals surface area contributed by atoms with Gasteiger partial charge in [-0.3, -0.25) is 0 Å². The van der Waals surface area contributed by atoms with Crippen molar-refractivity contribution in [3.05, 3.63) is 29.8 Å². The molecule has 0 saturated heterocycles. The number of hydrogen-bond donors (Lipinski definition) is 1. The summed E-state index contributed by atoms with van der Waals surface area (Å²) in [5.41, 5.74) is 1.36. The Bertz CT molecular complexity index is 266. The molecule has 0 aliphatic carbocycles. The molecule has 1 N–H and O–H groups in total. The maximum absolute atomic E-state index is 5.58. The molecule has 84 valence electrons. The Balaban J connectivity index is 2.36. The van der Waals surface area contributed by atoms with Crippen molar-refractivity contribution < 1.29 is 4.74 Å². The van der Waals surface area contributed by atoms with Gasteiger partial charge in [-0.15, -0.1) is 0 Å². The van der Waals surface area contributed by atoms with Gasteiger partial charge in [0, 0.05) is 6.54 Å². The molecule has 0 aromatic heterocycles. The molecular formula is C13H21NO. The summed E-state index contributed by atoms with van der Waals surface area (Å²) in [6, 6.07) is 8.35. The van der Waals surface area contributed by atoms with E-state index in [0.29, 0.717) is 5.92 Å². The van der Waals surface area contributed by atoms with Crippen LogP contribution >= 0.6 is 0 Å². The Morgan fingerprint density at radius 1 is 1.20 bits per heavy atom. The van der Waals surface area contributed by atoms with Crippen LogP contribution in [0.3, 0.4) is 0 Å². The van der Waals surface area contributed by atoms with E-state index < -0.39 is 0 Å². The van der Waals surface area contributed by atoms with Crippen molar-refractivity contribution >= 4 is 0 Å². The van der Waals surface area contributed by atoms with E-state index in [2.05, 4.69) is 38.2 Å². The molecule has 1 rings (SSSR count). The first-order chi connectivity index (χ1) is 7.24. The first-order valence-electron chi connectivity index (χ1n) is 5.67. The lowest BCUT2D eigenvalue weighted by Crippen LogP contribution is -2.20. The Labute approximate surface area is 92.6 Å². The third-order valence-electron chi connectivity index (χ3n) is 2.34. The van der Waals surface area contributed by atoms with Crippen LogP contribution in [0.5, 0.6) is 5.75 Å². The highest BCUT2D eigenvalue weighted by Crippen LogP contribution is 2.18. The van der Waals surface area contributed by atoms with Crippen LogP contribution in [0.15, 0.2) is 24.3 Å². The van der Waals surface area contributed by atoms with E-state index in [4.69, 9.17) is 4.74 Å². The summed E-state index contributed by atoms with van der Waals surface area (Å²) >= 11 is 0. The van der Waals surface area contributed by atoms with E-state index >= 15 is 0 Å². The summed E-state index contributed by atoms with van der Waals surface area (Å²) < 4.78 is 5.58. The lowest BCUT2D eigenvalue weighted by atomic mass is 10.0. The van der Waals surface area contributed by atoms with E-state index in [1.165, 1.54) is 5.56 Å². The Hall–Kier alpha value is -1.02. The van der Waals surface area contributed by atoms with Crippen molar-refractivity contribution in [1.29, 1.82) is 0 Å². The van der Waals surface area contributed by atoms with Gasteiger partial charge in [-0.25, -0.2) is 0 Å². The largest absolute Gasteiger partial charge is 0.492 e. The van der Waals surface area contributed by atoms with E-state index in [0.717, 1.165) is 25.4 Å². The molecule has 15 heavy (non-hydrogen) atoms. The van der Waals surface area contributed by atoms with Crippen molar-refractivity contribution in [3.8, 4) is 5.75 Å². The molecular weight excluding hydrogens is 186 g/mol. The lowest BCUT2D eigenvalue weighted by Gasteiger charge is -2.08. The summed E-state index contributed by atoms with van der Waals surface area (Å²) in [5, 5.41) is 3.22. The number of hydrogen-bond acceptors (Lipinski definition) is 2. The van der Waals surface area contributed by atoms with Crippen molar-refractivity contribution in [2.24, 2.45) is 0 Å². The van der Waals surface area contributed by atoms with Gasteiger partial charge in [-0.1, -0.05) is 32.9 Å². The number of likely N-dealkylation sites (N-methyl/N-ethyl adjacent to an activating group) is 1. The topological polar surface area (TPSA) is 21.3 Å². The smallest absolute Gasteiger partial charge is 0.119 e. The summed E-state index contributed by atoms with van der Waals surface area (Å²) in [4.78, 5) is 0. The molecule has 0 fully saturated rings. The van der Waals surface area contributed by atoms with Crippen LogP contribution in [-0.2, 0) is 0 Å². The molecule has 0 saturated carbocycles. The van der Waals surface area contributed by atoms with Crippen LogP contribution < -0.4 is 10.1 Å². The second kappa shape index (κ2) is 6.46. The third kappa shape index (κ3) is 4.34. The maximum atomic E-state index is 5.58. The van der Waals surface area contributed by atoms with Gasteiger partial charge in [0.05, 0.1) is 0 Å². The fourth-order valence-electron chi connectivity index (χ4n) is 1.37. The lowest BCUT2D eigenvalue weighted by molar-refractivity contribution is 0.315. The minimum absolute atomic E-state index is 0.584. The Kier molecular flexibility index (Phi) is 5.19. The molecule has 1 aromatic carbocycles. The molecule has 0 bridgehead atoms. The standard InChI is InChI=1S/C13H21NO/c1-4-14-9-10-15-13-7-5-12(6-8-13)11(2)3/h5-8,11,14H,4,9-10H2,1-3H3. The average Bonchev–Trinajstić information content (AvgIpc) is 2.25. The molecule has 0 amide bonds. The highest BCUT2D eigenvalue weighted by atomic mass is 16.5. The SMILES string of the molecule is CCNCCOc1ccc(C(C)C)cc1. The van der Waals surface area contributed by atoms with Crippen LogP contribution in [0.2, 0.25) is 0 Å². The highest BCUT2D eigenvalue weighted by molar-refractivity contribution is 5.28. The predicted molar refractivity (Wildman–Crippen MR) is 64.6 cm³/mol. The fourth-order valence-corrected chi connectivity index (χ4v) is 1.37. The van der Waals surface area contributed by atoms with Crippen LogP contribution in [0.25, 0.3) is 0 Å². The van der Waals surface area contributed by atoms with Gasteiger partial charge in [0.15, 0.2) is 0 Å². The minimum atomic E-state index is 0.584. The maximum Gasteiger partial charge on any atom is 0.119 e. The van der Waals surface area contributed by atoms with E-state index in [-0.39, 0.29) is 0 Å². The van der Waals surface area contributed by atoms with Gasteiger partial charge >= 0.3 is 0 Å². The molecule has 0 unspecified atom stereocenters. The monoisotopic (exact) mass is 207 g/mol. The molecule has 0 spiro atoms. The van der Waals surface area contributed by atoms with Crippen LogP contribution in [-0.4, -0.2) is 19.7 Å². The fraction of sp³-hybridized carbons (Fsp3) is 0.538. The number of nitrogens with one attached hydrogen (secondary N) is 1. The number of benzene rings is 1. The third-order valence-corrected chi connectivity index (χ3v) is 2.34. The zero-order valence-electron chi connectivity index (χ0n) is 9.92. The molecule has 0 atom stereocenters. The van der Waals surface area contributed by atoms with Gasteiger partial charge in [0.25, 0.3) is 0 Å². The van der Waals surface area contributed by atoms with Gasteiger partial charge in [-0.2, -0.15) is 0 Å². The van der Waals surface area contributed by atoms with Gasteiger partial charge in [0.1, 0.15) is 12.4 Å². The molecule has 0 heterocycles. The Morgan fingerprint density at radius 3 is 2.40 bits per heavy atom. The van der Waals surface area contributed by atoms with E-state index in [1.807, 2.05) is 12.1 Å². The minimum Gasteiger partial charge on any atom is -0.492 e. The van der Waals surface area contributed by atoms with Crippen molar-refractivity contribution in [2.75, 3.05) is 19.7 Å². The van der Waals surface area contributed by atoms with E-state index in [9.17, 15) is 0 Å². The molecule has 2 heteroatoms. The van der Waals surface area contributed by atoms with Crippen LogP contribution in [0, 0.1) is 0 Å². The summed E-state index contributed by atoms with van der Waals surface area (Å²) in [6.07, 6.45) is 0. The van der Waals surface area contributed by atoms with Crippen molar-refractivity contribution in [1.82, 2.24) is 5.32 Å². The first kappa shape index (κ1) is 12.1. The normalized spacial score (nSPS) is 10.7. The zero-order chi connectivity index (χ0) is 11.1. The van der Waals surface area contributed by atoms with Crippen LogP contribution in [0.1, 0.15) is 32.3 Å². The van der Waals surface area contributed by atoms with Gasteiger partial charge in [-0.05, 0) is 30.2 Å². The molecule has 1 aromatic rings. The molecule has 0 aliphatic heterocycles. The second-order valence-corrected chi connectivity index (χ2v) is 3.93.